The van der Waals surface area contributed by atoms with Gasteiger partial charge in [0.05, 0.1) is 29.0 Å². The molecule has 1 aliphatic rings. The Labute approximate surface area is 176 Å². The monoisotopic (exact) mass is 428 g/mol. The fraction of sp³-hybridized carbons (Fsp3) is 0.217. The maximum absolute atomic E-state index is 13.4. The molecule has 0 radical (unpaired) electrons. The molecule has 1 N–H and O–H groups in total. The summed E-state index contributed by atoms with van der Waals surface area (Å²) >= 11 is 0. The fourth-order valence-electron chi connectivity index (χ4n) is 3.80. The summed E-state index contributed by atoms with van der Waals surface area (Å²) in [4.78, 5) is 30.1. The Morgan fingerprint density at radius 2 is 1.81 bits per heavy atom. The number of rotatable bonds is 3. The van der Waals surface area contributed by atoms with Crippen molar-refractivity contribution < 1.29 is 27.5 Å². The third-order valence-electron chi connectivity index (χ3n) is 5.19. The van der Waals surface area contributed by atoms with Crippen LogP contribution in [0.25, 0.3) is 16.5 Å². The van der Waals surface area contributed by atoms with Gasteiger partial charge in [0.1, 0.15) is 0 Å². The van der Waals surface area contributed by atoms with E-state index in [0.717, 1.165) is 33.5 Å². The molecule has 0 aliphatic carbocycles. The average Bonchev–Trinajstić information content (AvgIpc) is 3.00. The number of alkyl halides is 3. The maximum Gasteiger partial charge on any atom is 0.417 e. The largest absolute Gasteiger partial charge is 0.462 e. The Morgan fingerprint density at radius 3 is 2.55 bits per heavy atom. The van der Waals surface area contributed by atoms with E-state index in [1.165, 1.54) is 18.3 Å². The molecule has 0 bridgehead atoms. The number of ether oxygens (including phenoxy) is 1. The smallest absolute Gasteiger partial charge is 0.417 e. The van der Waals surface area contributed by atoms with E-state index in [4.69, 9.17) is 4.74 Å². The molecule has 1 aromatic heterocycles. The molecule has 1 aliphatic heterocycles. The molecule has 4 rings (SSSR count). The highest BCUT2D eigenvalue weighted by atomic mass is 19.4. The van der Waals surface area contributed by atoms with Gasteiger partial charge in [-0.25, -0.2) is 4.79 Å². The maximum atomic E-state index is 13.4. The molecule has 0 saturated carbocycles. The third kappa shape index (κ3) is 3.81. The van der Waals surface area contributed by atoms with Gasteiger partial charge in [0.2, 0.25) is 0 Å². The summed E-state index contributed by atoms with van der Waals surface area (Å²) in [5.41, 5.74) is 0.769. The molecule has 31 heavy (non-hydrogen) atoms. The Morgan fingerprint density at radius 1 is 1.10 bits per heavy atom. The van der Waals surface area contributed by atoms with Gasteiger partial charge < -0.3 is 14.6 Å². The summed E-state index contributed by atoms with van der Waals surface area (Å²) in [6, 6.07) is 12.1. The third-order valence-corrected chi connectivity index (χ3v) is 5.19. The van der Waals surface area contributed by atoms with Gasteiger partial charge in [0.15, 0.2) is 0 Å². The first-order valence-corrected chi connectivity index (χ1v) is 9.77. The molecule has 8 heteroatoms. The first-order valence-electron chi connectivity index (χ1n) is 9.77. The van der Waals surface area contributed by atoms with E-state index in [9.17, 15) is 22.8 Å². The van der Waals surface area contributed by atoms with Crippen LogP contribution < -0.4 is 0 Å². The van der Waals surface area contributed by atoms with Crippen molar-refractivity contribution >= 4 is 28.4 Å². The quantitative estimate of drug-likeness (QED) is 0.611. The van der Waals surface area contributed by atoms with Crippen molar-refractivity contribution in [1.82, 2.24) is 9.88 Å². The van der Waals surface area contributed by atoms with Gasteiger partial charge in [-0.2, -0.15) is 13.2 Å². The van der Waals surface area contributed by atoms with Crippen LogP contribution in [0.4, 0.5) is 13.2 Å². The number of para-hydroxylation sites is 1. The summed E-state index contributed by atoms with van der Waals surface area (Å²) < 4.78 is 45.5. The van der Waals surface area contributed by atoms with Crippen LogP contribution in [0.5, 0.6) is 0 Å². The number of fused-ring (bicyclic) bond motifs is 3. The number of carbonyl (C=O) groups is 2. The number of hydrogen-bond acceptors (Lipinski definition) is 3. The van der Waals surface area contributed by atoms with Gasteiger partial charge in [-0.3, -0.25) is 4.79 Å². The predicted molar refractivity (Wildman–Crippen MR) is 109 cm³/mol. The van der Waals surface area contributed by atoms with Crippen LogP contribution in [0.2, 0.25) is 0 Å². The number of halogens is 3. The topological polar surface area (TPSA) is 62.4 Å². The van der Waals surface area contributed by atoms with E-state index >= 15 is 0 Å². The minimum absolute atomic E-state index is 0.100. The first-order chi connectivity index (χ1) is 14.8. The highest BCUT2D eigenvalue weighted by Crippen LogP contribution is 2.34. The molecule has 5 nitrogen and oxygen atoms in total. The molecule has 0 atom stereocenters. The van der Waals surface area contributed by atoms with Gasteiger partial charge >= 0.3 is 12.1 Å². The molecule has 0 fully saturated rings. The number of nitrogens with zero attached hydrogens (tertiary/aromatic N) is 1. The minimum atomic E-state index is -4.67. The molecule has 0 spiro atoms. The number of benzene rings is 2. The molecule has 0 unspecified atom stereocenters. The molecule has 1 amide bonds. The lowest BCUT2D eigenvalue weighted by Crippen LogP contribution is -2.30. The average molecular weight is 428 g/mol. The van der Waals surface area contributed by atoms with Crippen LogP contribution in [-0.2, 0) is 22.1 Å². The summed E-state index contributed by atoms with van der Waals surface area (Å²) in [5, 5.41) is 0.887. The number of aromatic amines is 1. The standard InChI is InChI=1S/C23H19F3N2O3/c1-2-31-22(30)17-13-28(21(29)16-8-3-5-9-18(16)23(24,25)26)12-11-15-14-7-4-6-10-19(14)27-20(15)17/h3-10,13,27H,2,11-12H2,1H3. The van der Waals surface area contributed by atoms with Crippen LogP contribution in [0.1, 0.15) is 34.1 Å². The van der Waals surface area contributed by atoms with Crippen LogP contribution in [0.3, 0.4) is 0 Å². The zero-order chi connectivity index (χ0) is 22.2. The fourth-order valence-corrected chi connectivity index (χ4v) is 3.80. The molecule has 160 valence electrons. The van der Waals surface area contributed by atoms with E-state index in [1.807, 2.05) is 24.3 Å². The van der Waals surface area contributed by atoms with Crippen molar-refractivity contribution in [3.8, 4) is 0 Å². The van der Waals surface area contributed by atoms with Crippen molar-refractivity contribution in [2.45, 2.75) is 19.5 Å². The Kier molecular flexibility index (Phi) is 5.31. The summed E-state index contributed by atoms with van der Waals surface area (Å²) in [6.45, 7) is 1.89. The highest BCUT2D eigenvalue weighted by molar-refractivity contribution is 6.18. The summed E-state index contributed by atoms with van der Waals surface area (Å²) in [6.07, 6.45) is -3.03. The lowest BCUT2D eigenvalue weighted by Gasteiger charge is -2.20. The Hall–Kier alpha value is -3.55. The first kappa shape index (κ1) is 20.7. The minimum Gasteiger partial charge on any atom is -0.462 e. The number of H-pyrrole nitrogens is 1. The van der Waals surface area contributed by atoms with E-state index < -0.39 is 29.2 Å². The van der Waals surface area contributed by atoms with E-state index in [0.29, 0.717) is 12.1 Å². The Bertz CT molecular complexity index is 1190. The van der Waals surface area contributed by atoms with Crippen molar-refractivity contribution in [2.75, 3.05) is 13.2 Å². The number of aromatic nitrogens is 1. The second kappa shape index (κ2) is 7.94. The normalized spacial score (nSPS) is 14.1. The highest BCUT2D eigenvalue weighted by Gasteiger charge is 2.36. The zero-order valence-corrected chi connectivity index (χ0v) is 16.6. The molecular formula is C23H19F3N2O3. The van der Waals surface area contributed by atoms with Crippen molar-refractivity contribution in [3.63, 3.8) is 0 Å². The lowest BCUT2D eigenvalue weighted by atomic mass is 10.0. The number of carbonyl (C=O) groups excluding carboxylic acids is 2. The molecule has 2 aromatic carbocycles. The van der Waals surface area contributed by atoms with Gasteiger partial charge in [-0.05, 0) is 37.1 Å². The molecular weight excluding hydrogens is 409 g/mol. The van der Waals surface area contributed by atoms with Gasteiger partial charge in [-0.1, -0.05) is 30.3 Å². The number of esters is 1. The van der Waals surface area contributed by atoms with Crippen LogP contribution in [0.15, 0.2) is 54.7 Å². The van der Waals surface area contributed by atoms with Crippen molar-refractivity contribution in [2.24, 2.45) is 0 Å². The van der Waals surface area contributed by atoms with Gasteiger partial charge in [0.25, 0.3) is 5.91 Å². The van der Waals surface area contributed by atoms with Gasteiger partial charge in [0, 0.05) is 23.6 Å². The second-order valence-electron chi connectivity index (χ2n) is 7.08. The SMILES string of the molecule is CCOC(=O)C1=CN(C(=O)c2ccccc2C(F)(F)F)CCc2c1[nH]c1ccccc21. The molecule has 2 heterocycles. The van der Waals surface area contributed by atoms with E-state index in [2.05, 4.69) is 4.98 Å². The number of amides is 1. The van der Waals surface area contributed by atoms with Crippen LogP contribution >= 0.6 is 0 Å². The zero-order valence-electron chi connectivity index (χ0n) is 16.6. The van der Waals surface area contributed by atoms with Crippen LogP contribution in [0, 0.1) is 0 Å². The second-order valence-corrected chi connectivity index (χ2v) is 7.08. The van der Waals surface area contributed by atoms with Crippen LogP contribution in [-0.4, -0.2) is 34.9 Å². The summed E-state index contributed by atoms with van der Waals surface area (Å²) in [7, 11) is 0. The number of hydrogen-bond donors (Lipinski definition) is 1. The van der Waals surface area contributed by atoms with Gasteiger partial charge in [-0.15, -0.1) is 0 Å². The lowest BCUT2D eigenvalue weighted by molar-refractivity contribution is -0.138. The van der Waals surface area contributed by atoms with Crippen molar-refractivity contribution in [3.05, 3.63) is 77.1 Å². The summed E-state index contributed by atoms with van der Waals surface area (Å²) in [5.74, 6) is -1.48. The van der Waals surface area contributed by atoms with Crippen molar-refractivity contribution in [1.29, 1.82) is 0 Å². The number of nitrogens with one attached hydrogen (secondary N) is 1. The Balaban J connectivity index is 1.81. The predicted octanol–water partition coefficient (Wildman–Crippen LogP) is 4.79. The molecule has 0 saturated heterocycles. The van der Waals surface area contributed by atoms with E-state index in [-0.39, 0.29) is 18.7 Å². The molecule has 3 aromatic rings. The van der Waals surface area contributed by atoms with E-state index in [1.54, 1.807) is 6.92 Å².